The van der Waals surface area contributed by atoms with Crippen molar-refractivity contribution in [3.63, 3.8) is 0 Å². The van der Waals surface area contributed by atoms with E-state index in [-0.39, 0.29) is 6.03 Å². The highest BCUT2D eigenvalue weighted by atomic mass is 35.5. The second kappa shape index (κ2) is 7.71. The minimum atomic E-state index is -0.150. The summed E-state index contributed by atoms with van der Waals surface area (Å²) < 4.78 is 5.16. The number of methoxy groups -OCH3 is 1. The maximum absolute atomic E-state index is 12.1. The van der Waals surface area contributed by atoms with E-state index in [1.165, 1.54) is 0 Å². The van der Waals surface area contributed by atoms with Gasteiger partial charge in [0.05, 0.1) is 7.11 Å². The average Bonchev–Trinajstić information content (AvgIpc) is 2.54. The van der Waals surface area contributed by atoms with Gasteiger partial charge in [0.2, 0.25) is 0 Å². The second-order valence-corrected chi connectivity index (χ2v) is 5.36. The molecule has 116 valence electrons. The van der Waals surface area contributed by atoms with Crippen LogP contribution in [0.3, 0.4) is 0 Å². The molecule has 5 heteroatoms. The number of nitrogens with one attached hydrogen (secondary N) is 1. The molecule has 0 saturated heterocycles. The molecule has 2 aromatic carbocycles. The second-order valence-electron chi connectivity index (χ2n) is 4.96. The molecule has 4 nitrogen and oxygen atoms in total. The van der Waals surface area contributed by atoms with Crippen molar-refractivity contribution >= 4 is 17.6 Å². The summed E-state index contributed by atoms with van der Waals surface area (Å²) in [6, 6.07) is 15.0. The van der Waals surface area contributed by atoms with Crippen LogP contribution in [0, 0.1) is 0 Å². The lowest BCUT2D eigenvalue weighted by atomic mass is 10.2. The van der Waals surface area contributed by atoms with Gasteiger partial charge in [-0.15, -0.1) is 0 Å². The largest absolute Gasteiger partial charge is 0.497 e. The van der Waals surface area contributed by atoms with Crippen LogP contribution in [0.25, 0.3) is 0 Å². The SMILES string of the molecule is COc1cccc(CNC(=O)N(C)Cc2ccccc2Cl)c1. The zero-order valence-electron chi connectivity index (χ0n) is 12.7. The normalized spacial score (nSPS) is 10.1. The molecule has 0 unspecified atom stereocenters. The third-order valence-corrected chi connectivity index (χ3v) is 3.66. The Morgan fingerprint density at radius 2 is 2.00 bits per heavy atom. The van der Waals surface area contributed by atoms with E-state index in [2.05, 4.69) is 5.32 Å². The molecule has 0 heterocycles. The highest BCUT2D eigenvalue weighted by Gasteiger charge is 2.10. The summed E-state index contributed by atoms with van der Waals surface area (Å²) in [5.74, 6) is 0.774. The maximum atomic E-state index is 12.1. The predicted molar refractivity (Wildman–Crippen MR) is 88.1 cm³/mol. The first kappa shape index (κ1) is 16.2. The molecule has 0 aliphatic heterocycles. The van der Waals surface area contributed by atoms with Crippen molar-refractivity contribution in [2.75, 3.05) is 14.2 Å². The lowest BCUT2D eigenvalue weighted by Gasteiger charge is -2.19. The number of halogens is 1. The molecule has 0 saturated carbocycles. The van der Waals surface area contributed by atoms with Crippen molar-refractivity contribution in [2.24, 2.45) is 0 Å². The van der Waals surface area contributed by atoms with Gasteiger partial charge in [0, 0.05) is 25.2 Å². The molecule has 0 fully saturated rings. The zero-order valence-corrected chi connectivity index (χ0v) is 13.4. The predicted octanol–water partition coefficient (Wildman–Crippen LogP) is 3.69. The molecule has 22 heavy (non-hydrogen) atoms. The van der Waals surface area contributed by atoms with Crippen molar-refractivity contribution in [1.82, 2.24) is 10.2 Å². The van der Waals surface area contributed by atoms with Crippen molar-refractivity contribution in [1.29, 1.82) is 0 Å². The Hall–Kier alpha value is -2.20. The molecule has 0 bridgehead atoms. The van der Waals surface area contributed by atoms with Crippen LogP contribution in [0.2, 0.25) is 5.02 Å². The quantitative estimate of drug-likeness (QED) is 0.913. The van der Waals surface area contributed by atoms with Crippen molar-refractivity contribution in [3.8, 4) is 5.75 Å². The molecule has 1 N–H and O–H groups in total. The first-order valence-corrected chi connectivity index (χ1v) is 7.33. The van der Waals surface area contributed by atoms with Crippen molar-refractivity contribution < 1.29 is 9.53 Å². The number of hydrogen-bond donors (Lipinski definition) is 1. The number of benzene rings is 2. The summed E-state index contributed by atoms with van der Waals surface area (Å²) >= 11 is 6.11. The van der Waals surface area contributed by atoms with Gasteiger partial charge in [-0.3, -0.25) is 0 Å². The van der Waals surface area contributed by atoms with Crippen LogP contribution in [-0.4, -0.2) is 25.1 Å². The van der Waals surface area contributed by atoms with Gasteiger partial charge in [0.15, 0.2) is 0 Å². The smallest absolute Gasteiger partial charge is 0.317 e. The summed E-state index contributed by atoms with van der Waals surface area (Å²) in [6.45, 7) is 0.909. The number of rotatable bonds is 5. The number of amides is 2. The van der Waals surface area contributed by atoms with Gasteiger partial charge in [0.1, 0.15) is 5.75 Å². The molecule has 0 aromatic heterocycles. The fourth-order valence-corrected chi connectivity index (χ4v) is 2.24. The molecule has 0 radical (unpaired) electrons. The van der Waals surface area contributed by atoms with E-state index in [0.29, 0.717) is 18.1 Å². The summed E-state index contributed by atoms with van der Waals surface area (Å²) in [4.78, 5) is 13.7. The highest BCUT2D eigenvalue weighted by molar-refractivity contribution is 6.31. The Morgan fingerprint density at radius 3 is 2.73 bits per heavy atom. The Labute approximate surface area is 135 Å². The van der Waals surface area contributed by atoms with Gasteiger partial charge in [-0.1, -0.05) is 41.9 Å². The topological polar surface area (TPSA) is 41.6 Å². The van der Waals surface area contributed by atoms with Crippen LogP contribution in [-0.2, 0) is 13.1 Å². The molecular weight excluding hydrogens is 300 g/mol. The van der Waals surface area contributed by atoms with Gasteiger partial charge in [-0.2, -0.15) is 0 Å². The Kier molecular flexibility index (Phi) is 5.67. The van der Waals surface area contributed by atoms with Gasteiger partial charge >= 0.3 is 6.03 Å². The van der Waals surface area contributed by atoms with Gasteiger partial charge in [0.25, 0.3) is 0 Å². The summed E-state index contributed by atoms with van der Waals surface area (Å²) in [7, 11) is 3.36. The number of ether oxygens (including phenoxy) is 1. The Balaban J connectivity index is 1.90. The van der Waals surface area contributed by atoms with Crippen molar-refractivity contribution in [2.45, 2.75) is 13.1 Å². The molecular formula is C17H19ClN2O2. The van der Waals surface area contributed by atoms with Gasteiger partial charge in [-0.25, -0.2) is 4.79 Å². The molecule has 2 rings (SSSR count). The van der Waals surface area contributed by atoms with Gasteiger partial charge in [-0.05, 0) is 29.3 Å². The summed E-state index contributed by atoms with van der Waals surface area (Å²) in [6.07, 6.45) is 0. The van der Waals surface area contributed by atoms with E-state index in [4.69, 9.17) is 16.3 Å². The molecule has 0 aliphatic rings. The molecule has 0 atom stereocenters. The van der Waals surface area contributed by atoms with Crippen LogP contribution in [0.5, 0.6) is 5.75 Å². The van der Waals surface area contributed by atoms with E-state index >= 15 is 0 Å². The molecule has 2 amide bonds. The number of hydrogen-bond acceptors (Lipinski definition) is 2. The first-order valence-electron chi connectivity index (χ1n) is 6.95. The summed E-state index contributed by atoms with van der Waals surface area (Å²) in [5.41, 5.74) is 1.90. The molecule has 0 spiro atoms. The van der Waals surface area contributed by atoms with Crippen LogP contribution in [0.15, 0.2) is 48.5 Å². The van der Waals surface area contributed by atoms with E-state index < -0.39 is 0 Å². The number of nitrogens with zero attached hydrogens (tertiary/aromatic N) is 1. The molecule has 0 aliphatic carbocycles. The number of urea groups is 1. The Bertz CT molecular complexity index is 646. The number of carbonyl (C=O) groups excluding carboxylic acids is 1. The van der Waals surface area contributed by atoms with Gasteiger partial charge < -0.3 is 15.0 Å². The fraction of sp³-hybridized carbons (Fsp3) is 0.235. The standard InChI is InChI=1S/C17H19ClN2O2/c1-20(12-14-7-3-4-9-16(14)18)17(21)19-11-13-6-5-8-15(10-13)22-2/h3-10H,11-12H2,1-2H3,(H,19,21). The third-order valence-electron chi connectivity index (χ3n) is 3.29. The Morgan fingerprint density at radius 1 is 1.23 bits per heavy atom. The molecule has 2 aromatic rings. The fourth-order valence-electron chi connectivity index (χ4n) is 2.05. The van der Waals surface area contributed by atoms with Crippen LogP contribution in [0.1, 0.15) is 11.1 Å². The van der Waals surface area contributed by atoms with Crippen LogP contribution in [0.4, 0.5) is 4.79 Å². The number of carbonyl (C=O) groups is 1. The summed E-state index contributed by atoms with van der Waals surface area (Å²) in [5, 5.41) is 3.54. The lowest BCUT2D eigenvalue weighted by molar-refractivity contribution is 0.206. The van der Waals surface area contributed by atoms with E-state index in [1.807, 2.05) is 48.5 Å². The third kappa shape index (κ3) is 4.40. The first-order chi connectivity index (χ1) is 10.6. The highest BCUT2D eigenvalue weighted by Crippen LogP contribution is 2.16. The minimum Gasteiger partial charge on any atom is -0.497 e. The van der Waals surface area contributed by atoms with E-state index in [1.54, 1.807) is 19.1 Å². The van der Waals surface area contributed by atoms with Crippen LogP contribution >= 0.6 is 11.6 Å². The minimum absolute atomic E-state index is 0.150. The lowest BCUT2D eigenvalue weighted by Crippen LogP contribution is -2.36. The monoisotopic (exact) mass is 318 g/mol. The zero-order chi connectivity index (χ0) is 15.9. The van der Waals surface area contributed by atoms with Crippen LogP contribution < -0.4 is 10.1 Å². The van der Waals surface area contributed by atoms with Crippen molar-refractivity contribution in [3.05, 3.63) is 64.7 Å². The van der Waals surface area contributed by atoms with E-state index in [0.717, 1.165) is 16.9 Å². The maximum Gasteiger partial charge on any atom is 0.317 e. The average molecular weight is 319 g/mol. The van der Waals surface area contributed by atoms with E-state index in [9.17, 15) is 4.79 Å².